The van der Waals surface area contributed by atoms with Crippen molar-refractivity contribution in [1.82, 2.24) is 4.90 Å². The summed E-state index contributed by atoms with van der Waals surface area (Å²) < 4.78 is 13.1. The Kier molecular flexibility index (Phi) is 4.52. The molecular weight excluding hydrogens is 281 g/mol. The molecule has 0 bridgehead atoms. The molecule has 1 heterocycles. The largest absolute Gasteiger partial charge is 0.392 e. The molecule has 2 aromatic carbocycles. The molecule has 1 saturated heterocycles. The number of halogens is 1. The van der Waals surface area contributed by atoms with Crippen molar-refractivity contribution in [3.8, 4) is 0 Å². The van der Waals surface area contributed by atoms with E-state index in [1.807, 2.05) is 24.3 Å². The van der Waals surface area contributed by atoms with Crippen LogP contribution in [0, 0.1) is 5.82 Å². The van der Waals surface area contributed by atoms with Crippen LogP contribution in [0.2, 0.25) is 0 Å². The molecule has 4 heteroatoms. The van der Waals surface area contributed by atoms with Crippen LogP contribution in [0.15, 0.2) is 48.5 Å². The fourth-order valence-electron chi connectivity index (χ4n) is 3.07. The number of rotatable bonds is 4. The molecule has 0 spiro atoms. The molecule has 0 saturated carbocycles. The third kappa shape index (κ3) is 3.35. The lowest BCUT2D eigenvalue weighted by Crippen LogP contribution is -2.24. The van der Waals surface area contributed by atoms with Crippen LogP contribution in [0.4, 0.5) is 4.39 Å². The van der Waals surface area contributed by atoms with Crippen LogP contribution < -0.4 is 0 Å². The van der Waals surface area contributed by atoms with E-state index in [1.165, 1.54) is 12.1 Å². The normalized spacial score (nSPS) is 22.1. The third-order valence-corrected chi connectivity index (χ3v) is 4.23. The zero-order valence-corrected chi connectivity index (χ0v) is 12.3. The number of hydrogen-bond acceptors (Lipinski definition) is 3. The highest BCUT2D eigenvalue weighted by atomic mass is 19.1. The molecule has 0 radical (unpaired) electrons. The average Bonchev–Trinajstić information content (AvgIpc) is 2.89. The maximum absolute atomic E-state index is 13.1. The molecule has 0 unspecified atom stereocenters. The van der Waals surface area contributed by atoms with Crippen LogP contribution in [0.1, 0.15) is 29.2 Å². The maximum atomic E-state index is 13.1. The highest BCUT2D eigenvalue weighted by Crippen LogP contribution is 2.33. The zero-order valence-electron chi connectivity index (χ0n) is 12.3. The van der Waals surface area contributed by atoms with Crippen molar-refractivity contribution in [3.63, 3.8) is 0 Å². The van der Waals surface area contributed by atoms with Gasteiger partial charge < -0.3 is 10.2 Å². The third-order valence-electron chi connectivity index (χ3n) is 4.23. The van der Waals surface area contributed by atoms with Gasteiger partial charge in [-0.05, 0) is 35.2 Å². The minimum Gasteiger partial charge on any atom is -0.392 e. The minimum absolute atomic E-state index is 0.0426. The molecule has 0 aromatic heterocycles. The number of β-amino-alcohol motifs (C(OH)–C–C–N with tert-alkyl or cyclic N) is 1. The van der Waals surface area contributed by atoms with Crippen LogP contribution in [-0.2, 0) is 13.2 Å². The van der Waals surface area contributed by atoms with Crippen molar-refractivity contribution in [2.75, 3.05) is 6.54 Å². The van der Waals surface area contributed by atoms with E-state index in [0.29, 0.717) is 13.0 Å². The molecule has 3 nitrogen and oxygen atoms in total. The van der Waals surface area contributed by atoms with Crippen molar-refractivity contribution in [3.05, 3.63) is 71.0 Å². The van der Waals surface area contributed by atoms with Gasteiger partial charge in [-0.15, -0.1) is 0 Å². The number of nitrogens with zero attached hydrogens (tertiary/aromatic N) is 1. The van der Waals surface area contributed by atoms with Crippen LogP contribution >= 0.6 is 0 Å². The van der Waals surface area contributed by atoms with Gasteiger partial charge in [0.1, 0.15) is 5.82 Å². The molecule has 3 rings (SSSR count). The van der Waals surface area contributed by atoms with Gasteiger partial charge in [-0.3, -0.25) is 4.90 Å². The van der Waals surface area contributed by atoms with E-state index in [1.54, 1.807) is 12.1 Å². The van der Waals surface area contributed by atoms with E-state index in [-0.39, 0.29) is 24.6 Å². The monoisotopic (exact) mass is 301 g/mol. The summed E-state index contributed by atoms with van der Waals surface area (Å²) in [6.45, 7) is 1.38. The van der Waals surface area contributed by atoms with Gasteiger partial charge in [-0.1, -0.05) is 36.4 Å². The first kappa shape index (κ1) is 15.2. The first-order valence-electron chi connectivity index (χ1n) is 7.52. The van der Waals surface area contributed by atoms with Crippen LogP contribution in [0.3, 0.4) is 0 Å². The molecular formula is C18H20FNO2. The second-order valence-corrected chi connectivity index (χ2v) is 5.86. The fraction of sp³-hybridized carbons (Fsp3) is 0.333. The summed E-state index contributed by atoms with van der Waals surface area (Å²) >= 11 is 0. The van der Waals surface area contributed by atoms with E-state index in [0.717, 1.165) is 23.2 Å². The molecule has 2 N–H and O–H groups in total. The zero-order chi connectivity index (χ0) is 15.5. The summed E-state index contributed by atoms with van der Waals surface area (Å²) in [5.74, 6) is -0.242. The SMILES string of the molecule is OCc1ccc(CN2C[C@@H](O)C[C@@H]2c2ccc(F)cc2)cc1. The number of benzene rings is 2. The molecule has 22 heavy (non-hydrogen) atoms. The van der Waals surface area contributed by atoms with Gasteiger partial charge in [0, 0.05) is 19.1 Å². The summed E-state index contributed by atoms with van der Waals surface area (Å²) in [6, 6.07) is 14.4. The topological polar surface area (TPSA) is 43.7 Å². The Morgan fingerprint density at radius 1 is 1.00 bits per heavy atom. The van der Waals surface area contributed by atoms with Gasteiger partial charge in [0.15, 0.2) is 0 Å². The van der Waals surface area contributed by atoms with Gasteiger partial charge in [0.05, 0.1) is 12.7 Å². The number of hydrogen-bond donors (Lipinski definition) is 2. The number of likely N-dealkylation sites (tertiary alicyclic amines) is 1. The Bertz CT molecular complexity index is 612. The first-order valence-corrected chi connectivity index (χ1v) is 7.52. The average molecular weight is 301 g/mol. The molecule has 1 aliphatic rings. The van der Waals surface area contributed by atoms with Crippen LogP contribution in [-0.4, -0.2) is 27.8 Å². The molecule has 0 aliphatic carbocycles. The predicted molar refractivity (Wildman–Crippen MR) is 82.5 cm³/mol. The van der Waals surface area contributed by atoms with Crippen molar-refractivity contribution < 1.29 is 14.6 Å². The van der Waals surface area contributed by atoms with Crippen LogP contribution in [0.25, 0.3) is 0 Å². The first-order chi connectivity index (χ1) is 10.7. The number of aliphatic hydroxyl groups excluding tert-OH is 2. The molecule has 1 aliphatic heterocycles. The van der Waals surface area contributed by atoms with Gasteiger partial charge in [0.2, 0.25) is 0 Å². The minimum atomic E-state index is -0.355. The van der Waals surface area contributed by atoms with E-state index >= 15 is 0 Å². The Morgan fingerprint density at radius 3 is 2.27 bits per heavy atom. The quantitative estimate of drug-likeness (QED) is 0.912. The van der Waals surface area contributed by atoms with Crippen molar-refractivity contribution in [2.24, 2.45) is 0 Å². The highest BCUT2D eigenvalue weighted by molar-refractivity contribution is 5.24. The second kappa shape index (κ2) is 6.57. The number of aliphatic hydroxyl groups is 2. The van der Waals surface area contributed by atoms with Crippen molar-refractivity contribution >= 4 is 0 Å². The van der Waals surface area contributed by atoms with Crippen LogP contribution in [0.5, 0.6) is 0 Å². The Hall–Kier alpha value is -1.75. The van der Waals surface area contributed by atoms with E-state index < -0.39 is 0 Å². The van der Waals surface area contributed by atoms with E-state index in [9.17, 15) is 9.50 Å². The van der Waals surface area contributed by atoms with Crippen molar-refractivity contribution in [2.45, 2.75) is 31.7 Å². The Balaban J connectivity index is 1.76. The molecule has 0 amide bonds. The highest BCUT2D eigenvalue weighted by Gasteiger charge is 2.31. The van der Waals surface area contributed by atoms with Gasteiger partial charge in [-0.2, -0.15) is 0 Å². The lowest BCUT2D eigenvalue weighted by molar-refractivity contribution is 0.172. The predicted octanol–water partition coefficient (Wildman–Crippen LogP) is 2.63. The summed E-state index contributed by atoms with van der Waals surface area (Å²) in [4.78, 5) is 2.21. The maximum Gasteiger partial charge on any atom is 0.123 e. The Morgan fingerprint density at radius 2 is 1.64 bits per heavy atom. The van der Waals surface area contributed by atoms with Gasteiger partial charge in [0.25, 0.3) is 0 Å². The summed E-state index contributed by atoms with van der Waals surface area (Å²) in [6.07, 6.45) is 0.312. The molecule has 2 atom stereocenters. The molecule has 1 fully saturated rings. The summed E-state index contributed by atoms with van der Waals surface area (Å²) in [5, 5.41) is 19.1. The van der Waals surface area contributed by atoms with E-state index in [4.69, 9.17) is 5.11 Å². The fourth-order valence-corrected chi connectivity index (χ4v) is 3.07. The summed E-state index contributed by atoms with van der Waals surface area (Å²) in [5.41, 5.74) is 3.06. The Labute approximate surface area is 129 Å². The van der Waals surface area contributed by atoms with Crippen molar-refractivity contribution in [1.29, 1.82) is 0 Å². The van der Waals surface area contributed by atoms with Gasteiger partial charge >= 0.3 is 0 Å². The van der Waals surface area contributed by atoms with Gasteiger partial charge in [-0.25, -0.2) is 4.39 Å². The standard InChI is InChI=1S/C18H20FNO2/c19-16-7-5-15(6-8-16)18-9-17(22)11-20(18)10-13-1-3-14(12-21)4-2-13/h1-8,17-18,21-22H,9-12H2/t17-,18+/m0/s1. The summed E-state index contributed by atoms with van der Waals surface area (Å²) in [7, 11) is 0. The second-order valence-electron chi connectivity index (χ2n) is 5.86. The lowest BCUT2D eigenvalue weighted by Gasteiger charge is -2.24. The molecule has 116 valence electrons. The molecule has 2 aromatic rings. The van der Waals surface area contributed by atoms with E-state index in [2.05, 4.69) is 4.90 Å². The lowest BCUT2D eigenvalue weighted by atomic mass is 10.0. The smallest absolute Gasteiger partial charge is 0.123 e.